The van der Waals surface area contributed by atoms with Crippen LogP contribution in [0.4, 0.5) is 0 Å². The average Bonchev–Trinajstić information content (AvgIpc) is 3.20. The number of nitrogens with one attached hydrogen (secondary N) is 1. The topological polar surface area (TPSA) is 54.2 Å². The van der Waals surface area contributed by atoms with E-state index in [1.54, 1.807) is 6.92 Å². The smallest absolute Gasteiger partial charge is 0.223 e. The average molecular weight is 393 g/mol. The van der Waals surface area contributed by atoms with Gasteiger partial charge < -0.3 is 14.7 Å². The molecule has 0 spiro atoms. The Hall–Kier alpha value is -2.50. The monoisotopic (exact) mass is 392 g/mol. The number of benzene rings is 2. The van der Waals surface area contributed by atoms with Gasteiger partial charge in [-0.2, -0.15) is 4.98 Å². The molecule has 0 aliphatic carbocycles. The molecule has 1 aromatic heterocycles. The van der Waals surface area contributed by atoms with Crippen molar-refractivity contribution in [2.24, 2.45) is 0 Å². The van der Waals surface area contributed by atoms with Gasteiger partial charge >= 0.3 is 0 Å². The van der Waals surface area contributed by atoms with E-state index in [4.69, 9.17) is 4.52 Å². The van der Waals surface area contributed by atoms with Gasteiger partial charge in [0.15, 0.2) is 0 Å². The molecule has 0 radical (unpaired) electrons. The summed E-state index contributed by atoms with van der Waals surface area (Å²) in [6.07, 6.45) is 2.48. The van der Waals surface area contributed by atoms with Gasteiger partial charge in [0.05, 0.1) is 0 Å². The van der Waals surface area contributed by atoms with E-state index in [9.17, 15) is 0 Å². The number of aromatic nitrogens is 2. The number of hydrogen-bond donors (Lipinski definition) is 1. The third-order valence-electron chi connectivity index (χ3n) is 5.26. The summed E-state index contributed by atoms with van der Waals surface area (Å²) >= 11 is 0. The lowest BCUT2D eigenvalue weighted by molar-refractivity contribution is 0.296. The predicted octanol–water partition coefficient (Wildman–Crippen LogP) is 4.92. The van der Waals surface area contributed by atoms with Crippen LogP contribution >= 0.6 is 0 Å². The Kier molecular flexibility index (Phi) is 7.96. The lowest BCUT2D eigenvalue weighted by atomic mass is 10.0. The van der Waals surface area contributed by atoms with Crippen LogP contribution in [0.5, 0.6) is 0 Å². The molecule has 29 heavy (non-hydrogen) atoms. The summed E-state index contributed by atoms with van der Waals surface area (Å²) < 4.78 is 5.05. The van der Waals surface area contributed by atoms with Gasteiger partial charge in [-0.1, -0.05) is 67.5 Å². The maximum absolute atomic E-state index is 5.05. The van der Waals surface area contributed by atoms with Gasteiger partial charge in [0.25, 0.3) is 0 Å². The zero-order chi connectivity index (χ0) is 20.5. The van der Waals surface area contributed by atoms with Crippen molar-refractivity contribution in [1.29, 1.82) is 0 Å². The van der Waals surface area contributed by atoms with Crippen molar-refractivity contribution in [3.8, 4) is 22.5 Å². The first-order valence-electron chi connectivity index (χ1n) is 10.6. The molecular formula is C24H32N4O. The van der Waals surface area contributed by atoms with Gasteiger partial charge in [-0.15, -0.1) is 0 Å². The second kappa shape index (κ2) is 10.9. The first-order valence-corrected chi connectivity index (χ1v) is 10.6. The van der Waals surface area contributed by atoms with E-state index in [2.05, 4.69) is 70.6 Å². The summed E-state index contributed by atoms with van der Waals surface area (Å²) in [6.45, 7) is 11.7. The summed E-state index contributed by atoms with van der Waals surface area (Å²) in [4.78, 5) is 6.75. The van der Waals surface area contributed by atoms with Crippen LogP contribution in [0.3, 0.4) is 0 Å². The van der Waals surface area contributed by atoms with Crippen LogP contribution in [0.2, 0.25) is 0 Å². The molecule has 0 unspecified atom stereocenters. The number of hydrogen-bond acceptors (Lipinski definition) is 5. The minimum atomic E-state index is 0.581. The molecule has 0 fully saturated rings. The molecular weight excluding hydrogens is 360 g/mol. The molecule has 0 bridgehead atoms. The molecule has 5 heteroatoms. The highest BCUT2D eigenvalue weighted by molar-refractivity contribution is 5.67. The van der Waals surface area contributed by atoms with Gasteiger partial charge in [-0.3, -0.25) is 0 Å². The van der Waals surface area contributed by atoms with Crippen LogP contribution in [-0.4, -0.2) is 41.2 Å². The standard InChI is InChI=1S/C24H32N4O/c1-4-28(5-2)17-7-6-16-25-18-20-8-10-21(11-9-20)22-12-14-23(15-13-22)24-26-19(3)29-27-24/h8-15,25H,4-7,16-18H2,1-3H3. The van der Waals surface area contributed by atoms with E-state index in [1.807, 2.05) is 12.1 Å². The van der Waals surface area contributed by atoms with Crippen molar-refractivity contribution in [3.05, 3.63) is 60.0 Å². The lowest BCUT2D eigenvalue weighted by Crippen LogP contribution is -2.25. The summed E-state index contributed by atoms with van der Waals surface area (Å²) in [7, 11) is 0. The quantitative estimate of drug-likeness (QED) is 0.469. The summed E-state index contributed by atoms with van der Waals surface area (Å²) in [5, 5.41) is 7.53. The van der Waals surface area contributed by atoms with Gasteiger partial charge in [-0.25, -0.2) is 0 Å². The molecule has 154 valence electrons. The Labute approximate surface area is 174 Å². The first-order chi connectivity index (χ1) is 14.2. The van der Waals surface area contributed by atoms with Crippen LogP contribution in [0.25, 0.3) is 22.5 Å². The Morgan fingerprint density at radius 1 is 0.862 bits per heavy atom. The molecule has 0 amide bonds. The molecule has 0 atom stereocenters. The second-order valence-electron chi connectivity index (χ2n) is 7.32. The van der Waals surface area contributed by atoms with Crippen molar-refractivity contribution in [2.75, 3.05) is 26.2 Å². The number of unbranched alkanes of at least 4 members (excludes halogenated alkanes) is 1. The van der Waals surface area contributed by atoms with E-state index >= 15 is 0 Å². The number of aryl methyl sites for hydroxylation is 1. The molecule has 2 aromatic carbocycles. The van der Waals surface area contributed by atoms with Crippen LogP contribution in [0.1, 0.15) is 38.1 Å². The fourth-order valence-electron chi connectivity index (χ4n) is 3.40. The number of nitrogens with zero attached hydrogens (tertiary/aromatic N) is 3. The normalized spacial score (nSPS) is 11.3. The van der Waals surface area contributed by atoms with E-state index < -0.39 is 0 Å². The van der Waals surface area contributed by atoms with Gasteiger partial charge in [0.2, 0.25) is 11.7 Å². The Morgan fingerprint density at radius 2 is 1.48 bits per heavy atom. The number of rotatable bonds is 11. The summed E-state index contributed by atoms with van der Waals surface area (Å²) in [5.41, 5.74) is 4.68. The van der Waals surface area contributed by atoms with E-state index in [0.29, 0.717) is 11.7 Å². The predicted molar refractivity (Wildman–Crippen MR) is 119 cm³/mol. The fraction of sp³-hybridized carbons (Fsp3) is 0.417. The van der Waals surface area contributed by atoms with Crippen LogP contribution in [0, 0.1) is 6.92 Å². The van der Waals surface area contributed by atoms with Crippen molar-refractivity contribution in [3.63, 3.8) is 0 Å². The van der Waals surface area contributed by atoms with E-state index in [1.165, 1.54) is 36.1 Å². The largest absolute Gasteiger partial charge is 0.339 e. The van der Waals surface area contributed by atoms with Crippen molar-refractivity contribution in [1.82, 2.24) is 20.4 Å². The summed E-state index contributed by atoms with van der Waals surface area (Å²) in [6, 6.07) is 17.0. The fourth-order valence-corrected chi connectivity index (χ4v) is 3.40. The summed E-state index contributed by atoms with van der Waals surface area (Å²) in [5.74, 6) is 1.21. The first kappa shape index (κ1) is 21.2. The van der Waals surface area contributed by atoms with Crippen molar-refractivity contribution in [2.45, 2.75) is 40.2 Å². The van der Waals surface area contributed by atoms with Gasteiger partial charge in [0, 0.05) is 19.0 Å². The van der Waals surface area contributed by atoms with Crippen molar-refractivity contribution >= 4 is 0 Å². The van der Waals surface area contributed by atoms with Crippen LogP contribution in [0.15, 0.2) is 53.1 Å². The molecule has 0 saturated heterocycles. The Bertz CT molecular complexity index is 851. The third-order valence-corrected chi connectivity index (χ3v) is 5.26. The minimum Gasteiger partial charge on any atom is -0.339 e. The molecule has 5 nitrogen and oxygen atoms in total. The maximum atomic E-state index is 5.05. The van der Waals surface area contributed by atoms with E-state index in [0.717, 1.165) is 31.7 Å². The highest BCUT2D eigenvalue weighted by atomic mass is 16.5. The molecule has 1 N–H and O–H groups in total. The molecule has 3 aromatic rings. The lowest BCUT2D eigenvalue weighted by Gasteiger charge is -2.17. The Balaban J connectivity index is 1.45. The molecule has 3 rings (SSSR count). The zero-order valence-electron chi connectivity index (χ0n) is 17.8. The van der Waals surface area contributed by atoms with Crippen LogP contribution < -0.4 is 5.32 Å². The van der Waals surface area contributed by atoms with Crippen LogP contribution in [-0.2, 0) is 6.54 Å². The van der Waals surface area contributed by atoms with Crippen molar-refractivity contribution < 1.29 is 4.52 Å². The highest BCUT2D eigenvalue weighted by Crippen LogP contribution is 2.23. The molecule has 1 heterocycles. The molecule has 0 aliphatic rings. The molecule has 0 saturated carbocycles. The SMILES string of the molecule is CCN(CC)CCCCNCc1ccc(-c2ccc(-c3noc(C)n3)cc2)cc1. The Morgan fingerprint density at radius 3 is 2.07 bits per heavy atom. The highest BCUT2D eigenvalue weighted by Gasteiger charge is 2.06. The zero-order valence-corrected chi connectivity index (χ0v) is 17.8. The maximum Gasteiger partial charge on any atom is 0.223 e. The molecule has 0 aliphatic heterocycles. The third kappa shape index (κ3) is 6.24. The van der Waals surface area contributed by atoms with Gasteiger partial charge in [0.1, 0.15) is 0 Å². The van der Waals surface area contributed by atoms with Gasteiger partial charge in [-0.05, 0) is 55.7 Å². The second-order valence-corrected chi connectivity index (χ2v) is 7.32. The minimum absolute atomic E-state index is 0.581. The van der Waals surface area contributed by atoms with E-state index in [-0.39, 0.29) is 0 Å².